The third kappa shape index (κ3) is 5.36. The lowest BCUT2D eigenvalue weighted by atomic mass is 10.1. The minimum Gasteiger partial charge on any atom is -0.320 e. The molecule has 2 rings (SSSR count). The number of para-hydroxylation sites is 1. The van der Waals surface area contributed by atoms with Crippen molar-refractivity contribution in [3.05, 3.63) is 65.7 Å². The zero-order valence-corrected chi connectivity index (χ0v) is 13.7. The second-order valence-corrected chi connectivity index (χ2v) is 6.64. The third-order valence-electron chi connectivity index (χ3n) is 3.40. The fourth-order valence-corrected chi connectivity index (χ4v) is 2.97. The average molecular weight is 335 g/mol. The molecule has 0 aliphatic rings. The second kappa shape index (κ2) is 8.67. The highest BCUT2D eigenvalue weighted by atomic mass is 32.2. The summed E-state index contributed by atoms with van der Waals surface area (Å²) < 4.78 is 27.0. The molecule has 0 saturated heterocycles. The number of hydrogen-bond donors (Lipinski definition) is 1. The number of amides is 1. The van der Waals surface area contributed by atoms with Crippen LogP contribution in [0.5, 0.6) is 0 Å². The molecule has 0 aromatic heterocycles. The summed E-state index contributed by atoms with van der Waals surface area (Å²) in [6.45, 7) is 1.74. The van der Waals surface area contributed by atoms with E-state index in [9.17, 15) is 13.6 Å². The molecule has 0 aliphatic heterocycles. The molecule has 0 fully saturated rings. The highest BCUT2D eigenvalue weighted by molar-refractivity contribution is 8.00. The van der Waals surface area contributed by atoms with Crippen LogP contribution in [0.2, 0.25) is 0 Å². The van der Waals surface area contributed by atoms with Gasteiger partial charge in [-0.15, -0.1) is 11.8 Å². The van der Waals surface area contributed by atoms with E-state index in [0.717, 1.165) is 30.7 Å². The molecule has 0 aliphatic carbocycles. The molecule has 1 unspecified atom stereocenters. The Bertz CT molecular complexity index is 628. The van der Waals surface area contributed by atoms with Crippen LogP contribution in [-0.4, -0.2) is 16.9 Å². The van der Waals surface area contributed by atoms with Crippen LogP contribution in [0.25, 0.3) is 0 Å². The number of thioether (sulfide) groups is 1. The molecule has 1 N–H and O–H groups in total. The van der Waals surface area contributed by atoms with E-state index in [2.05, 4.69) is 17.4 Å². The van der Waals surface area contributed by atoms with Gasteiger partial charge < -0.3 is 5.32 Å². The first kappa shape index (κ1) is 17.5. The Kier molecular flexibility index (Phi) is 6.59. The molecule has 2 aromatic rings. The first-order valence-electron chi connectivity index (χ1n) is 7.48. The number of anilines is 1. The summed E-state index contributed by atoms with van der Waals surface area (Å²) in [4.78, 5) is 12.0. The Labute approximate surface area is 139 Å². The second-order valence-electron chi connectivity index (χ2n) is 5.19. The monoisotopic (exact) mass is 335 g/mol. The molecule has 0 heterocycles. The minimum atomic E-state index is -0.764. The molecule has 0 radical (unpaired) electrons. The van der Waals surface area contributed by atoms with E-state index >= 15 is 0 Å². The van der Waals surface area contributed by atoms with E-state index in [1.807, 2.05) is 18.2 Å². The summed E-state index contributed by atoms with van der Waals surface area (Å²) in [5.74, 6) is -1.11. The van der Waals surface area contributed by atoms with Crippen molar-refractivity contribution in [3.63, 3.8) is 0 Å². The van der Waals surface area contributed by atoms with Gasteiger partial charge >= 0.3 is 0 Å². The van der Waals surface area contributed by atoms with Crippen molar-refractivity contribution in [2.45, 2.75) is 25.0 Å². The summed E-state index contributed by atoms with van der Waals surface area (Å²) in [5, 5.41) is 1.96. The number of halogens is 2. The predicted octanol–water partition coefficient (Wildman–Crippen LogP) is 4.66. The number of carbonyl (C=O) groups excluding carboxylic acids is 1. The summed E-state index contributed by atoms with van der Waals surface area (Å²) in [6.07, 6.45) is 1.89. The summed E-state index contributed by atoms with van der Waals surface area (Å²) in [6, 6.07) is 13.6. The van der Waals surface area contributed by atoms with Gasteiger partial charge in [0.1, 0.15) is 17.3 Å². The Morgan fingerprint density at radius 3 is 2.39 bits per heavy atom. The van der Waals surface area contributed by atoms with Crippen LogP contribution < -0.4 is 5.32 Å². The number of rotatable bonds is 7. The fraction of sp³-hybridized carbons (Fsp3) is 0.278. The largest absolute Gasteiger partial charge is 0.320 e. The molecule has 0 spiro atoms. The molecule has 5 heteroatoms. The van der Waals surface area contributed by atoms with Crippen molar-refractivity contribution < 1.29 is 13.6 Å². The van der Waals surface area contributed by atoms with E-state index in [4.69, 9.17) is 0 Å². The van der Waals surface area contributed by atoms with Gasteiger partial charge in [-0.2, -0.15) is 0 Å². The lowest BCUT2D eigenvalue weighted by molar-refractivity contribution is -0.115. The van der Waals surface area contributed by atoms with Crippen LogP contribution in [-0.2, 0) is 11.2 Å². The van der Waals surface area contributed by atoms with E-state index in [0.29, 0.717) is 0 Å². The lowest BCUT2D eigenvalue weighted by Crippen LogP contribution is -2.24. The zero-order chi connectivity index (χ0) is 16.7. The van der Waals surface area contributed by atoms with E-state index < -0.39 is 17.5 Å². The molecule has 23 heavy (non-hydrogen) atoms. The maximum atomic E-state index is 13.5. The number of benzene rings is 2. The molecule has 1 amide bonds. The Morgan fingerprint density at radius 2 is 1.74 bits per heavy atom. The van der Waals surface area contributed by atoms with Crippen LogP contribution in [0, 0.1) is 11.6 Å². The highest BCUT2D eigenvalue weighted by Crippen LogP contribution is 2.21. The van der Waals surface area contributed by atoms with Gasteiger partial charge in [0.15, 0.2) is 0 Å². The quantitative estimate of drug-likeness (QED) is 0.746. The number of carbonyl (C=O) groups is 1. The average Bonchev–Trinajstić information content (AvgIpc) is 2.55. The first-order valence-corrected chi connectivity index (χ1v) is 8.53. The summed E-state index contributed by atoms with van der Waals surface area (Å²) >= 11 is 1.48. The van der Waals surface area contributed by atoms with Gasteiger partial charge in [0.25, 0.3) is 0 Å². The van der Waals surface area contributed by atoms with Gasteiger partial charge in [-0.1, -0.05) is 36.4 Å². The third-order valence-corrected chi connectivity index (χ3v) is 4.64. The van der Waals surface area contributed by atoms with E-state index in [1.54, 1.807) is 6.92 Å². The minimum absolute atomic E-state index is 0.371. The van der Waals surface area contributed by atoms with Gasteiger partial charge in [0.05, 0.1) is 5.25 Å². The van der Waals surface area contributed by atoms with Gasteiger partial charge in [0, 0.05) is 0 Å². The Hall–Kier alpha value is -1.88. The zero-order valence-electron chi connectivity index (χ0n) is 12.9. The Morgan fingerprint density at radius 1 is 1.09 bits per heavy atom. The van der Waals surface area contributed by atoms with E-state index in [-0.39, 0.29) is 10.9 Å². The maximum absolute atomic E-state index is 13.5. The molecule has 0 saturated carbocycles. The van der Waals surface area contributed by atoms with Crippen LogP contribution in [0.4, 0.5) is 14.5 Å². The van der Waals surface area contributed by atoms with Gasteiger partial charge in [0.2, 0.25) is 5.91 Å². The van der Waals surface area contributed by atoms with Crippen molar-refractivity contribution in [2.75, 3.05) is 11.1 Å². The van der Waals surface area contributed by atoms with Crippen LogP contribution in [0.15, 0.2) is 48.5 Å². The van der Waals surface area contributed by atoms with Crippen molar-refractivity contribution in [2.24, 2.45) is 0 Å². The molecule has 0 bridgehead atoms. The SMILES string of the molecule is CC(SCCCc1ccccc1)C(=O)Nc1c(F)cccc1F. The molecule has 2 aromatic carbocycles. The topological polar surface area (TPSA) is 29.1 Å². The van der Waals surface area contributed by atoms with Gasteiger partial charge in [-0.05, 0) is 43.2 Å². The Balaban J connectivity index is 1.77. The summed E-state index contributed by atoms with van der Waals surface area (Å²) in [5.41, 5.74) is 0.882. The van der Waals surface area contributed by atoms with Crippen LogP contribution >= 0.6 is 11.8 Å². The molecular formula is C18H19F2NOS. The number of aryl methyl sites for hydroxylation is 1. The molecule has 122 valence electrons. The van der Waals surface area contributed by atoms with Crippen LogP contribution in [0.1, 0.15) is 18.9 Å². The number of hydrogen-bond acceptors (Lipinski definition) is 2. The molecule has 1 atom stereocenters. The summed E-state index contributed by atoms with van der Waals surface area (Å²) in [7, 11) is 0. The van der Waals surface area contributed by atoms with E-state index in [1.165, 1.54) is 23.4 Å². The molecule has 2 nitrogen and oxygen atoms in total. The number of nitrogens with one attached hydrogen (secondary N) is 1. The first-order chi connectivity index (χ1) is 11.1. The highest BCUT2D eigenvalue weighted by Gasteiger charge is 2.17. The smallest absolute Gasteiger partial charge is 0.237 e. The fourth-order valence-electron chi connectivity index (χ4n) is 2.10. The van der Waals surface area contributed by atoms with Crippen molar-refractivity contribution in [3.8, 4) is 0 Å². The van der Waals surface area contributed by atoms with Crippen molar-refractivity contribution >= 4 is 23.4 Å². The van der Waals surface area contributed by atoms with Gasteiger partial charge in [-0.25, -0.2) is 8.78 Å². The standard InChI is InChI=1S/C18H19F2NOS/c1-13(23-12-6-9-14-7-3-2-4-8-14)18(22)21-17-15(19)10-5-11-16(17)20/h2-5,7-8,10-11,13H,6,9,12H2,1H3,(H,21,22). The van der Waals surface area contributed by atoms with Crippen molar-refractivity contribution in [1.29, 1.82) is 0 Å². The predicted molar refractivity (Wildman–Crippen MR) is 91.7 cm³/mol. The maximum Gasteiger partial charge on any atom is 0.237 e. The van der Waals surface area contributed by atoms with Gasteiger partial charge in [-0.3, -0.25) is 4.79 Å². The van der Waals surface area contributed by atoms with Crippen LogP contribution in [0.3, 0.4) is 0 Å². The normalized spacial score (nSPS) is 12.0. The van der Waals surface area contributed by atoms with Crippen molar-refractivity contribution in [1.82, 2.24) is 0 Å². The lowest BCUT2D eigenvalue weighted by Gasteiger charge is -2.13. The molecular weight excluding hydrogens is 316 g/mol.